The summed E-state index contributed by atoms with van der Waals surface area (Å²) in [4.78, 5) is 41.6. The quantitative estimate of drug-likeness (QED) is 0.788. The van der Waals surface area contributed by atoms with E-state index in [4.69, 9.17) is 0 Å². The Labute approximate surface area is 146 Å². The van der Waals surface area contributed by atoms with E-state index < -0.39 is 23.8 Å². The molecule has 0 radical (unpaired) electrons. The van der Waals surface area contributed by atoms with Gasteiger partial charge < -0.3 is 4.90 Å². The third-order valence-corrected chi connectivity index (χ3v) is 4.86. The number of carbonyl (C=O) groups is 3. The first-order chi connectivity index (χ1) is 11.9. The zero-order valence-electron chi connectivity index (χ0n) is 14.4. The van der Waals surface area contributed by atoms with Crippen molar-refractivity contribution in [2.24, 2.45) is 5.92 Å². The molecule has 0 bridgehead atoms. The largest absolute Gasteiger partial charge is 0.341 e. The molecule has 2 fully saturated rings. The van der Waals surface area contributed by atoms with E-state index in [2.05, 4.69) is 6.92 Å². The molecule has 0 N–H and O–H groups in total. The van der Waals surface area contributed by atoms with Crippen LogP contribution in [-0.4, -0.2) is 53.3 Å². The molecule has 0 saturated carbocycles. The van der Waals surface area contributed by atoms with Crippen molar-refractivity contribution in [2.45, 2.75) is 32.7 Å². The number of urea groups is 1. The predicted molar refractivity (Wildman–Crippen MR) is 90.4 cm³/mol. The first-order valence-corrected chi connectivity index (χ1v) is 8.56. The zero-order chi connectivity index (χ0) is 18.1. The van der Waals surface area contributed by atoms with Gasteiger partial charge in [0.25, 0.3) is 5.91 Å². The Morgan fingerprint density at radius 3 is 2.52 bits per heavy atom. The second-order valence-corrected chi connectivity index (χ2v) is 6.82. The minimum atomic E-state index is -0.717. The van der Waals surface area contributed by atoms with Gasteiger partial charge in [-0.1, -0.05) is 6.92 Å². The SMILES string of the molecule is CC1CCCN(C(=O)CN2C(=O)C(C)N(c3ccc(F)cc3)C2=O)C1. The van der Waals surface area contributed by atoms with Crippen LogP contribution in [-0.2, 0) is 9.59 Å². The Morgan fingerprint density at radius 1 is 1.20 bits per heavy atom. The standard InChI is InChI=1S/C18H22FN3O3/c1-12-4-3-9-20(10-12)16(23)11-21-17(24)13(2)22(18(21)25)15-7-5-14(19)6-8-15/h5-8,12-13H,3-4,9-11H2,1-2H3. The molecule has 2 aliphatic rings. The van der Waals surface area contributed by atoms with Gasteiger partial charge in [0.05, 0.1) is 0 Å². The Balaban J connectivity index is 1.74. The lowest BCUT2D eigenvalue weighted by Gasteiger charge is -2.31. The van der Waals surface area contributed by atoms with Gasteiger partial charge in [-0.2, -0.15) is 0 Å². The minimum Gasteiger partial charge on any atom is -0.341 e. The van der Waals surface area contributed by atoms with Gasteiger partial charge in [-0.05, 0) is 49.9 Å². The van der Waals surface area contributed by atoms with Crippen LogP contribution >= 0.6 is 0 Å². The third-order valence-electron chi connectivity index (χ3n) is 4.86. The van der Waals surface area contributed by atoms with Gasteiger partial charge in [0, 0.05) is 18.8 Å². The number of piperidine rings is 1. The highest BCUT2D eigenvalue weighted by molar-refractivity contribution is 6.15. The molecule has 3 rings (SSSR count). The smallest absolute Gasteiger partial charge is 0.332 e. The molecule has 2 saturated heterocycles. The van der Waals surface area contributed by atoms with E-state index in [1.807, 2.05) is 0 Å². The van der Waals surface area contributed by atoms with E-state index in [9.17, 15) is 18.8 Å². The highest BCUT2D eigenvalue weighted by Gasteiger charge is 2.44. The normalized spacial score (nSPS) is 24.2. The fourth-order valence-corrected chi connectivity index (χ4v) is 3.46. The van der Waals surface area contributed by atoms with Crippen LogP contribution in [0.25, 0.3) is 0 Å². The Kier molecular flexibility index (Phi) is 4.74. The monoisotopic (exact) mass is 347 g/mol. The molecule has 2 heterocycles. The first kappa shape index (κ1) is 17.4. The average molecular weight is 347 g/mol. The second-order valence-electron chi connectivity index (χ2n) is 6.82. The summed E-state index contributed by atoms with van der Waals surface area (Å²) >= 11 is 0. The van der Waals surface area contributed by atoms with Crippen molar-refractivity contribution in [1.29, 1.82) is 0 Å². The van der Waals surface area contributed by atoms with E-state index in [1.165, 1.54) is 29.2 Å². The molecule has 1 aromatic carbocycles. The molecular weight excluding hydrogens is 325 g/mol. The summed E-state index contributed by atoms with van der Waals surface area (Å²) in [5.74, 6) is -0.605. The molecule has 2 unspecified atom stereocenters. The molecule has 0 aliphatic carbocycles. The van der Waals surface area contributed by atoms with Gasteiger partial charge in [-0.15, -0.1) is 0 Å². The molecular formula is C18H22FN3O3. The lowest BCUT2D eigenvalue weighted by Crippen LogP contribution is -2.46. The Hall–Kier alpha value is -2.44. The average Bonchev–Trinajstić information content (AvgIpc) is 2.79. The summed E-state index contributed by atoms with van der Waals surface area (Å²) in [5, 5.41) is 0. The molecule has 2 aliphatic heterocycles. The number of likely N-dealkylation sites (tertiary alicyclic amines) is 1. The number of benzene rings is 1. The van der Waals surface area contributed by atoms with Gasteiger partial charge in [-0.3, -0.25) is 19.4 Å². The summed E-state index contributed by atoms with van der Waals surface area (Å²) in [6, 6.07) is 4.13. The highest BCUT2D eigenvalue weighted by atomic mass is 19.1. The van der Waals surface area contributed by atoms with E-state index in [0.29, 0.717) is 24.7 Å². The van der Waals surface area contributed by atoms with Gasteiger partial charge in [0.1, 0.15) is 18.4 Å². The Bertz CT molecular complexity index is 691. The lowest BCUT2D eigenvalue weighted by atomic mass is 10.0. The zero-order valence-corrected chi connectivity index (χ0v) is 14.4. The number of hydrogen-bond donors (Lipinski definition) is 0. The van der Waals surface area contributed by atoms with E-state index >= 15 is 0 Å². The van der Waals surface area contributed by atoms with Crippen molar-refractivity contribution in [3.05, 3.63) is 30.1 Å². The molecule has 4 amide bonds. The van der Waals surface area contributed by atoms with E-state index in [1.54, 1.807) is 11.8 Å². The summed E-state index contributed by atoms with van der Waals surface area (Å²) in [6.07, 6.45) is 2.02. The summed E-state index contributed by atoms with van der Waals surface area (Å²) in [5.41, 5.74) is 0.439. The number of nitrogens with zero attached hydrogens (tertiary/aromatic N) is 3. The number of carbonyl (C=O) groups excluding carboxylic acids is 3. The first-order valence-electron chi connectivity index (χ1n) is 8.56. The van der Waals surface area contributed by atoms with Crippen LogP contribution in [0.5, 0.6) is 0 Å². The molecule has 6 nitrogen and oxygen atoms in total. The maximum atomic E-state index is 13.1. The summed E-state index contributed by atoms with van der Waals surface area (Å²) in [6.45, 7) is 4.77. The van der Waals surface area contributed by atoms with Crippen molar-refractivity contribution < 1.29 is 18.8 Å². The van der Waals surface area contributed by atoms with Crippen LogP contribution in [0.15, 0.2) is 24.3 Å². The third kappa shape index (κ3) is 3.36. The fraction of sp³-hybridized carbons (Fsp3) is 0.500. The predicted octanol–water partition coefficient (Wildman–Crippen LogP) is 2.24. The van der Waals surface area contributed by atoms with Crippen LogP contribution in [0.4, 0.5) is 14.9 Å². The molecule has 1 aromatic rings. The van der Waals surface area contributed by atoms with Crippen LogP contribution in [0, 0.1) is 11.7 Å². The van der Waals surface area contributed by atoms with Crippen molar-refractivity contribution >= 4 is 23.5 Å². The fourth-order valence-electron chi connectivity index (χ4n) is 3.46. The van der Waals surface area contributed by atoms with Crippen LogP contribution in [0.3, 0.4) is 0 Å². The van der Waals surface area contributed by atoms with Crippen molar-refractivity contribution in [3.63, 3.8) is 0 Å². The Morgan fingerprint density at radius 2 is 1.88 bits per heavy atom. The topological polar surface area (TPSA) is 60.9 Å². The molecule has 25 heavy (non-hydrogen) atoms. The number of hydrogen-bond acceptors (Lipinski definition) is 3. The van der Waals surface area contributed by atoms with Gasteiger partial charge in [0.15, 0.2) is 0 Å². The molecule has 0 aromatic heterocycles. The maximum absolute atomic E-state index is 13.1. The number of imide groups is 1. The van der Waals surface area contributed by atoms with Crippen molar-refractivity contribution in [2.75, 3.05) is 24.5 Å². The van der Waals surface area contributed by atoms with Crippen molar-refractivity contribution in [1.82, 2.24) is 9.80 Å². The molecule has 7 heteroatoms. The van der Waals surface area contributed by atoms with Crippen molar-refractivity contribution in [3.8, 4) is 0 Å². The summed E-state index contributed by atoms with van der Waals surface area (Å²) < 4.78 is 13.1. The molecule has 134 valence electrons. The highest BCUT2D eigenvalue weighted by Crippen LogP contribution is 2.26. The van der Waals surface area contributed by atoms with Gasteiger partial charge in [0.2, 0.25) is 5.91 Å². The number of rotatable bonds is 3. The molecule has 2 atom stereocenters. The van der Waals surface area contributed by atoms with Gasteiger partial charge >= 0.3 is 6.03 Å². The van der Waals surface area contributed by atoms with Gasteiger partial charge in [-0.25, -0.2) is 9.18 Å². The second kappa shape index (κ2) is 6.82. The maximum Gasteiger partial charge on any atom is 0.332 e. The minimum absolute atomic E-state index is 0.207. The van der Waals surface area contributed by atoms with E-state index in [-0.39, 0.29) is 12.5 Å². The van der Waals surface area contributed by atoms with Crippen LogP contribution < -0.4 is 4.90 Å². The van der Waals surface area contributed by atoms with E-state index in [0.717, 1.165) is 17.7 Å². The number of amides is 4. The van der Waals surface area contributed by atoms with Crippen LogP contribution in [0.2, 0.25) is 0 Å². The van der Waals surface area contributed by atoms with Crippen LogP contribution in [0.1, 0.15) is 26.7 Å². The summed E-state index contributed by atoms with van der Waals surface area (Å²) in [7, 11) is 0. The number of halogens is 1. The molecule has 0 spiro atoms. The number of anilines is 1. The lowest BCUT2D eigenvalue weighted by molar-refractivity contribution is -0.138.